The van der Waals surface area contributed by atoms with E-state index in [0.29, 0.717) is 18.1 Å². The van der Waals surface area contributed by atoms with E-state index in [1.807, 2.05) is 4.90 Å². The second-order valence-corrected chi connectivity index (χ2v) is 3.61. The van der Waals surface area contributed by atoms with Gasteiger partial charge in [-0.2, -0.15) is 0 Å². The van der Waals surface area contributed by atoms with Gasteiger partial charge in [0.25, 0.3) is 0 Å². The van der Waals surface area contributed by atoms with E-state index in [1.54, 1.807) is 12.4 Å². The lowest BCUT2D eigenvalue weighted by atomic mass is 10.3. The van der Waals surface area contributed by atoms with Gasteiger partial charge in [0, 0.05) is 31.0 Å². The first-order chi connectivity index (χ1) is 7.81. The normalized spacial score (nSPS) is 10.4. The maximum atomic E-state index is 8.96. The molecule has 0 fully saturated rings. The first-order valence-corrected chi connectivity index (χ1v) is 5.59. The van der Waals surface area contributed by atoms with Gasteiger partial charge in [0.05, 0.1) is 13.2 Å². The Balaban J connectivity index is 2.67. The maximum absolute atomic E-state index is 8.96. The third-order valence-corrected chi connectivity index (χ3v) is 2.31. The van der Waals surface area contributed by atoms with Crippen molar-refractivity contribution in [3.05, 3.63) is 18.0 Å². The van der Waals surface area contributed by atoms with Crippen molar-refractivity contribution in [1.29, 1.82) is 0 Å². The summed E-state index contributed by atoms with van der Waals surface area (Å²) in [5.74, 6) is 0.611. The first-order valence-electron chi connectivity index (χ1n) is 5.59. The number of unbranched alkanes of at least 4 members (excludes halogenated alkanes) is 1. The lowest BCUT2D eigenvalue weighted by Crippen LogP contribution is -2.29. The van der Waals surface area contributed by atoms with Crippen LogP contribution in [-0.2, 0) is 6.61 Å². The molecule has 0 aromatic carbocycles. The zero-order valence-corrected chi connectivity index (χ0v) is 9.63. The van der Waals surface area contributed by atoms with Crippen LogP contribution in [0.1, 0.15) is 25.3 Å². The first kappa shape index (κ1) is 12.9. The second-order valence-electron chi connectivity index (χ2n) is 3.61. The van der Waals surface area contributed by atoms with Crippen LogP contribution in [0.25, 0.3) is 0 Å². The molecule has 5 nitrogen and oxygen atoms in total. The quantitative estimate of drug-likeness (QED) is 0.710. The van der Waals surface area contributed by atoms with E-state index in [1.165, 1.54) is 0 Å². The molecular formula is C11H19N3O2. The predicted octanol–water partition coefficient (Wildman–Crippen LogP) is 0.568. The highest BCUT2D eigenvalue weighted by atomic mass is 16.3. The van der Waals surface area contributed by atoms with E-state index in [4.69, 9.17) is 10.2 Å². The van der Waals surface area contributed by atoms with Crippen LogP contribution in [-0.4, -0.2) is 39.9 Å². The molecule has 0 radical (unpaired) electrons. The largest absolute Gasteiger partial charge is 0.395 e. The number of hydrogen-bond acceptors (Lipinski definition) is 5. The van der Waals surface area contributed by atoms with Crippen LogP contribution in [0.3, 0.4) is 0 Å². The van der Waals surface area contributed by atoms with Gasteiger partial charge < -0.3 is 15.1 Å². The van der Waals surface area contributed by atoms with Gasteiger partial charge in [-0.05, 0) is 6.42 Å². The Hall–Kier alpha value is -1.20. The summed E-state index contributed by atoms with van der Waals surface area (Å²) in [4.78, 5) is 10.3. The molecule has 90 valence electrons. The zero-order valence-electron chi connectivity index (χ0n) is 9.63. The molecule has 0 unspecified atom stereocenters. The minimum Gasteiger partial charge on any atom is -0.395 e. The van der Waals surface area contributed by atoms with Gasteiger partial charge in [0.2, 0.25) is 5.95 Å². The number of rotatable bonds is 7. The summed E-state index contributed by atoms with van der Waals surface area (Å²) in [5.41, 5.74) is 0.697. The topological polar surface area (TPSA) is 69.5 Å². The third-order valence-electron chi connectivity index (χ3n) is 2.31. The molecular weight excluding hydrogens is 206 g/mol. The Kier molecular flexibility index (Phi) is 5.74. The van der Waals surface area contributed by atoms with Crippen LogP contribution < -0.4 is 4.90 Å². The zero-order chi connectivity index (χ0) is 11.8. The van der Waals surface area contributed by atoms with E-state index < -0.39 is 0 Å². The molecule has 2 N–H and O–H groups in total. The molecule has 0 amide bonds. The van der Waals surface area contributed by atoms with Crippen molar-refractivity contribution < 1.29 is 10.2 Å². The Labute approximate surface area is 95.8 Å². The summed E-state index contributed by atoms with van der Waals surface area (Å²) in [6, 6.07) is 0. The molecule has 0 aliphatic carbocycles. The van der Waals surface area contributed by atoms with Crippen molar-refractivity contribution in [1.82, 2.24) is 9.97 Å². The van der Waals surface area contributed by atoms with Crippen molar-refractivity contribution >= 4 is 5.95 Å². The Morgan fingerprint density at radius 3 is 2.38 bits per heavy atom. The standard InChI is InChI=1S/C11H19N3O2/c1-2-3-4-14(5-6-15)11-12-7-10(9-16)8-13-11/h7-8,15-16H,2-6,9H2,1H3. The van der Waals surface area contributed by atoms with E-state index in [9.17, 15) is 0 Å². The van der Waals surface area contributed by atoms with Crippen molar-refractivity contribution in [3.8, 4) is 0 Å². The summed E-state index contributed by atoms with van der Waals surface area (Å²) < 4.78 is 0. The van der Waals surface area contributed by atoms with Crippen LogP contribution in [0.5, 0.6) is 0 Å². The summed E-state index contributed by atoms with van der Waals surface area (Å²) in [6.45, 7) is 3.55. The van der Waals surface area contributed by atoms with Crippen molar-refractivity contribution in [2.75, 3.05) is 24.6 Å². The highest BCUT2D eigenvalue weighted by Gasteiger charge is 2.07. The smallest absolute Gasteiger partial charge is 0.225 e. The van der Waals surface area contributed by atoms with Gasteiger partial charge in [-0.1, -0.05) is 13.3 Å². The SMILES string of the molecule is CCCCN(CCO)c1ncc(CO)cn1. The molecule has 0 saturated heterocycles. The van der Waals surface area contributed by atoms with E-state index in [2.05, 4.69) is 16.9 Å². The summed E-state index contributed by atoms with van der Waals surface area (Å²) >= 11 is 0. The molecule has 0 spiro atoms. The molecule has 0 saturated carbocycles. The fraction of sp³-hybridized carbons (Fsp3) is 0.636. The highest BCUT2D eigenvalue weighted by molar-refractivity contribution is 5.29. The summed E-state index contributed by atoms with van der Waals surface area (Å²) in [5, 5.41) is 17.8. The molecule has 1 aromatic rings. The molecule has 0 bridgehead atoms. The minimum absolute atomic E-state index is 0.0464. The van der Waals surface area contributed by atoms with Gasteiger partial charge in [-0.3, -0.25) is 0 Å². The molecule has 5 heteroatoms. The number of aromatic nitrogens is 2. The summed E-state index contributed by atoms with van der Waals surface area (Å²) in [6.07, 6.45) is 5.36. The average molecular weight is 225 g/mol. The highest BCUT2D eigenvalue weighted by Crippen LogP contribution is 2.08. The van der Waals surface area contributed by atoms with Gasteiger partial charge in [0.15, 0.2) is 0 Å². The van der Waals surface area contributed by atoms with E-state index in [-0.39, 0.29) is 13.2 Å². The molecule has 1 aromatic heterocycles. The monoisotopic (exact) mass is 225 g/mol. The second kappa shape index (κ2) is 7.14. The Morgan fingerprint density at radius 1 is 1.19 bits per heavy atom. The Morgan fingerprint density at radius 2 is 1.88 bits per heavy atom. The molecule has 0 atom stereocenters. The van der Waals surface area contributed by atoms with Gasteiger partial charge in [0.1, 0.15) is 0 Å². The molecule has 1 rings (SSSR count). The molecule has 16 heavy (non-hydrogen) atoms. The van der Waals surface area contributed by atoms with Crippen LogP contribution in [0.15, 0.2) is 12.4 Å². The fourth-order valence-corrected chi connectivity index (χ4v) is 1.37. The number of nitrogens with zero attached hydrogens (tertiary/aromatic N) is 3. The number of aliphatic hydroxyl groups is 2. The van der Waals surface area contributed by atoms with Gasteiger partial charge >= 0.3 is 0 Å². The van der Waals surface area contributed by atoms with Crippen molar-refractivity contribution in [2.24, 2.45) is 0 Å². The number of anilines is 1. The molecule has 1 heterocycles. The van der Waals surface area contributed by atoms with Gasteiger partial charge in [-0.25, -0.2) is 9.97 Å². The van der Waals surface area contributed by atoms with Gasteiger partial charge in [-0.15, -0.1) is 0 Å². The number of hydrogen-bond donors (Lipinski definition) is 2. The van der Waals surface area contributed by atoms with Crippen molar-refractivity contribution in [3.63, 3.8) is 0 Å². The predicted molar refractivity (Wildman–Crippen MR) is 62.2 cm³/mol. The lowest BCUT2D eigenvalue weighted by Gasteiger charge is -2.21. The molecule has 0 aliphatic heterocycles. The van der Waals surface area contributed by atoms with Crippen molar-refractivity contribution in [2.45, 2.75) is 26.4 Å². The van der Waals surface area contributed by atoms with E-state index >= 15 is 0 Å². The van der Waals surface area contributed by atoms with Crippen LogP contribution >= 0.6 is 0 Å². The van der Waals surface area contributed by atoms with Crippen LogP contribution in [0, 0.1) is 0 Å². The Bertz CT molecular complexity index is 290. The van der Waals surface area contributed by atoms with Crippen LogP contribution in [0.4, 0.5) is 5.95 Å². The average Bonchev–Trinajstić information content (AvgIpc) is 2.35. The van der Waals surface area contributed by atoms with Crippen LogP contribution in [0.2, 0.25) is 0 Å². The molecule has 0 aliphatic rings. The third kappa shape index (κ3) is 3.75. The summed E-state index contributed by atoms with van der Waals surface area (Å²) in [7, 11) is 0. The minimum atomic E-state index is -0.0464. The lowest BCUT2D eigenvalue weighted by molar-refractivity contribution is 0.280. The van der Waals surface area contributed by atoms with E-state index in [0.717, 1.165) is 19.4 Å². The fourth-order valence-electron chi connectivity index (χ4n) is 1.37. The maximum Gasteiger partial charge on any atom is 0.225 e. The number of aliphatic hydroxyl groups excluding tert-OH is 2.